The van der Waals surface area contributed by atoms with E-state index in [1.807, 2.05) is 12.4 Å². The minimum Gasteiger partial charge on any atom is -0.488 e. The molecule has 3 aliphatic heterocycles. The van der Waals surface area contributed by atoms with Gasteiger partial charge >= 0.3 is 0 Å². The summed E-state index contributed by atoms with van der Waals surface area (Å²) in [5.74, 6) is 0.995. The van der Waals surface area contributed by atoms with E-state index in [1.54, 1.807) is 0 Å². The second kappa shape index (κ2) is 6.63. The van der Waals surface area contributed by atoms with E-state index in [0.29, 0.717) is 24.7 Å². The molecule has 148 valence electrons. The minimum atomic E-state index is 0.610. The first-order chi connectivity index (χ1) is 14.2. The molecule has 2 unspecified atom stereocenters. The first-order valence-corrected chi connectivity index (χ1v) is 10.6. The number of nitrogens with one attached hydrogen (secondary N) is 2. The van der Waals surface area contributed by atoms with Crippen molar-refractivity contribution in [1.82, 2.24) is 15.5 Å². The lowest BCUT2D eigenvalue weighted by Gasteiger charge is -2.37. The fraction of sp³-hybridized carbons (Fsp3) is 0.375. The molecule has 0 aliphatic carbocycles. The number of piperidine rings is 1. The Morgan fingerprint density at radius 1 is 1.00 bits per heavy atom. The monoisotopic (exact) mass is 386 g/mol. The minimum absolute atomic E-state index is 0.610. The Kier molecular flexibility index (Phi) is 3.91. The van der Waals surface area contributed by atoms with Crippen molar-refractivity contribution in [3.05, 3.63) is 54.4 Å². The van der Waals surface area contributed by atoms with Crippen LogP contribution in [-0.4, -0.2) is 35.4 Å². The topological polar surface area (TPSA) is 53.2 Å². The van der Waals surface area contributed by atoms with Crippen LogP contribution in [0.5, 0.6) is 5.75 Å². The SMILES string of the molecule is CN(c1ccc2c(c1)OCc1cc(-c3cn[nH]c3)ccc1-2)C1CC2CCC(C1)N2. The second-order valence-corrected chi connectivity index (χ2v) is 8.70. The zero-order valence-electron chi connectivity index (χ0n) is 16.7. The van der Waals surface area contributed by atoms with Gasteiger partial charge < -0.3 is 15.0 Å². The van der Waals surface area contributed by atoms with Gasteiger partial charge in [-0.05, 0) is 60.6 Å². The molecule has 1 aromatic heterocycles. The molecule has 2 saturated heterocycles. The Morgan fingerprint density at radius 3 is 2.62 bits per heavy atom. The maximum atomic E-state index is 6.19. The number of fused-ring (bicyclic) bond motifs is 5. The molecule has 5 heteroatoms. The Morgan fingerprint density at radius 2 is 1.83 bits per heavy atom. The molecule has 2 aromatic carbocycles. The predicted molar refractivity (Wildman–Crippen MR) is 115 cm³/mol. The maximum absolute atomic E-state index is 6.19. The van der Waals surface area contributed by atoms with Crippen LogP contribution in [0.2, 0.25) is 0 Å². The van der Waals surface area contributed by atoms with Crippen LogP contribution in [0.25, 0.3) is 22.3 Å². The summed E-state index contributed by atoms with van der Waals surface area (Å²) in [6, 6.07) is 15.3. The molecule has 2 atom stereocenters. The van der Waals surface area contributed by atoms with Gasteiger partial charge in [-0.3, -0.25) is 5.10 Å². The molecule has 3 aliphatic rings. The number of benzene rings is 2. The second-order valence-electron chi connectivity index (χ2n) is 8.70. The van der Waals surface area contributed by atoms with Gasteiger partial charge in [-0.25, -0.2) is 0 Å². The fourth-order valence-corrected chi connectivity index (χ4v) is 5.35. The first-order valence-electron chi connectivity index (χ1n) is 10.6. The van der Waals surface area contributed by atoms with Gasteiger partial charge in [0.15, 0.2) is 0 Å². The quantitative estimate of drug-likeness (QED) is 0.702. The lowest BCUT2D eigenvalue weighted by atomic mass is 9.93. The summed E-state index contributed by atoms with van der Waals surface area (Å²) in [5.41, 5.74) is 7.22. The summed E-state index contributed by atoms with van der Waals surface area (Å²) < 4.78 is 6.19. The van der Waals surface area contributed by atoms with Gasteiger partial charge in [0.1, 0.15) is 12.4 Å². The lowest BCUT2D eigenvalue weighted by molar-refractivity contribution is 0.302. The molecule has 6 rings (SSSR count). The molecule has 0 saturated carbocycles. The van der Waals surface area contributed by atoms with Gasteiger partial charge in [0.05, 0.1) is 6.20 Å². The molecular formula is C24H26N4O. The van der Waals surface area contributed by atoms with E-state index in [0.717, 1.165) is 11.3 Å². The van der Waals surface area contributed by atoms with Crippen molar-refractivity contribution in [2.24, 2.45) is 0 Å². The van der Waals surface area contributed by atoms with E-state index in [-0.39, 0.29) is 0 Å². The number of rotatable bonds is 3. The highest BCUT2D eigenvalue weighted by Gasteiger charge is 2.35. The van der Waals surface area contributed by atoms with Gasteiger partial charge in [0, 0.05) is 54.3 Å². The number of nitrogens with zero attached hydrogens (tertiary/aromatic N) is 2. The lowest BCUT2D eigenvalue weighted by Crippen LogP contribution is -2.47. The van der Waals surface area contributed by atoms with Crippen LogP contribution in [0.1, 0.15) is 31.2 Å². The average molecular weight is 386 g/mol. The molecule has 0 radical (unpaired) electrons. The van der Waals surface area contributed by atoms with Crippen LogP contribution in [0, 0.1) is 0 Å². The number of aromatic amines is 1. The summed E-state index contributed by atoms with van der Waals surface area (Å²) in [6.45, 7) is 0.610. The summed E-state index contributed by atoms with van der Waals surface area (Å²) in [5, 5.41) is 10.7. The first kappa shape index (κ1) is 17.1. The predicted octanol–water partition coefficient (Wildman–Crippen LogP) is 4.36. The largest absolute Gasteiger partial charge is 0.488 e. The van der Waals surface area contributed by atoms with Gasteiger partial charge in [-0.2, -0.15) is 5.10 Å². The number of ether oxygens (including phenoxy) is 1. The summed E-state index contributed by atoms with van der Waals surface area (Å²) >= 11 is 0. The Hall–Kier alpha value is -2.79. The van der Waals surface area contributed by atoms with Crippen LogP contribution in [-0.2, 0) is 6.61 Å². The molecule has 2 N–H and O–H groups in total. The van der Waals surface area contributed by atoms with Crippen molar-refractivity contribution in [3.63, 3.8) is 0 Å². The normalized spacial score (nSPS) is 24.5. The van der Waals surface area contributed by atoms with E-state index in [1.165, 1.54) is 53.6 Å². The molecular weight excluding hydrogens is 360 g/mol. The Labute approximate surface area is 171 Å². The van der Waals surface area contributed by atoms with E-state index >= 15 is 0 Å². The van der Waals surface area contributed by atoms with Gasteiger partial charge in [0.25, 0.3) is 0 Å². The van der Waals surface area contributed by atoms with Crippen molar-refractivity contribution < 1.29 is 4.74 Å². The third-order valence-corrected chi connectivity index (χ3v) is 6.98. The highest BCUT2D eigenvalue weighted by molar-refractivity contribution is 5.80. The van der Waals surface area contributed by atoms with Crippen LogP contribution in [0.15, 0.2) is 48.8 Å². The van der Waals surface area contributed by atoms with Crippen LogP contribution >= 0.6 is 0 Å². The third-order valence-electron chi connectivity index (χ3n) is 6.98. The maximum Gasteiger partial charge on any atom is 0.129 e. The molecule has 0 amide bonds. The summed E-state index contributed by atoms with van der Waals surface area (Å²) in [7, 11) is 2.24. The van der Waals surface area contributed by atoms with Crippen molar-refractivity contribution in [3.8, 4) is 28.0 Å². The zero-order chi connectivity index (χ0) is 19.4. The molecule has 5 nitrogen and oxygen atoms in total. The number of H-pyrrole nitrogens is 1. The van der Waals surface area contributed by atoms with Crippen molar-refractivity contribution >= 4 is 5.69 Å². The summed E-state index contributed by atoms with van der Waals surface area (Å²) in [6.07, 6.45) is 8.93. The standard InChI is InChI=1S/C24H26N4O/c1-28(21-9-18-3-4-19(10-21)27-18)20-5-7-23-22-6-2-15(17-12-25-26-13-17)8-16(22)14-29-24(23)11-20/h2,5-8,11-13,18-19,21,27H,3-4,9-10,14H2,1H3,(H,25,26). The third kappa shape index (κ3) is 2.92. The van der Waals surface area contributed by atoms with E-state index < -0.39 is 0 Å². The molecule has 2 bridgehead atoms. The van der Waals surface area contributed by atoms with Crippen molar-refractivity contribution in [2.45, 2.75) is 50.4 Å². The molecule has 4 heterocycles. The van der Waals surface area contributed by atoms with Crippen molar-refractivity contribution in [2.75, 3.05) is 11.9 Å². The van der Waals surface area contributed by atoms with Crippen LogP contribution in [0.4, 0.5) is 5.69 Å². The smallest absolute Gasteiger partial charge is 0.129 e. The molecule has 3 aromatic rings. The molecule has 0 spiro atoms. The Bertz CT molecular complexity index is 1030. The van der Waals surface area contributed by atoms with Gasteiger partial charge in [-0.1, -0.05) is 12.1 Å². The highest BCUT2D eigenvalue weighted by Crippen LogP contribution is 2.42. The van der Waals surface area contributed by atoms with Crippen LogP contribution < -0.4 is 15.0 Å². The number of hydrogen-bond acceptors (Lipinski definition) is 4. The average Bonchev–Trinajstić information content (AvgIpc) is 3.42. The van der Waals surface area contributed by atoms with Crippen molar-refractivity contribution in [1.29, 1.82) is 0 Å². The number of hydrogen-bond donors (Lipinski definition) is 2. The zero-order valence-corrected chi connectivity index (χ0v) is 16.7. The summed E-state index contributed by atoms with van der Waals surface area (Å²) in [4.78, 5) is 2.47. The van der Waals surface area contributed by atoms with Gasteiger partial charge in [0.2, 0.25) is 0 Å². The van der Waals surface area contributed by atoms with E-state index in [9.17, 15) is 0 Å². The number of anilines is 1. The highest BCUT2D eigenvalue weighted by atomic mass is 16.5. The fourth-order valence-electron chi connectivity index (χ4n) is 5.35. The van der Waals surface area contributed by atoms with Crippen LogP contribution in [0.3, 0.4) is 0 Å². The van der Waals surface area contributed by atoms with E-state index in [2.05, 4.69) is 63.9 Å². The van der Waals surface area contributed by atoms with E-state index in [4.69, 9.17) is 4.74 Å². The molecule has 2 fully saturated rings. The number of aromatic nitrogens is 2. The van der Waals surface area contributed by atoms with Gasteiger partial charge in [-0.15, -0.1) is 0 Å². The Balaban J connectivity index is 1.29. The molecule has 29 heavy (non-hydrogen) atoms.